The molecule has 0 aliphatic carbocycles. The van der Waals surface area contributed by atoms with Gasteiger partial charge in [0.25, 0.3) is 5.91 Å². The molecule has 4 aromatic carbocycles. The summed E-state index contributed by atoms with van der Waals surface area (Å²) in [5.74, 6) is 0.0865. The van der Waals surface area contributed by atoms with Crippen LogP contribution in [-0.2, 0) is 0 Å². The number of H-pyrrole nitrogens is 1. The van der Waals surface area contributed by atoms with Crippen LogP contribution in [0.5, 0.6) is 17.2 Å². The third-order valence-electron chi connectivity index (χ3n) is 6.32. The highest BCUT2D eigenvalue weighted by molar-refractivity contribution is 9.11. The van der Waals surface area contributed by atoms with E-state index in [9.17, 15) is 9.59 Å². The van der Waals surface area contributed by atoms with Gasteiger partial charge in [0.05, 0.1) is 26.8 Å². The zero-order valence-corrected chi connectivity index (χ0v) is 25.9. The van der Waals surface area contributed by atoms with E-state index in [-0.39, 0.29) is 23.8 Å². The molecule has 1 aliphatic heterocycles. The number of aromatic amines is 1. The van der Waals surface area contributed by atoms with Crippen LogP contribution in [0, 0.1) is 0 Å². The van der Waals surface area contributed by atoms with Crippen molar-refractivity contribution < 1.29 is 23.8 Å². The number of fused-ring (bicyclic) bond motifs is 2. The first-order valence-corrected chi connectivity index (χ1v) is 14.6. The molecule has 8 nitrogen and oxygen atoms in total. The maximum absolute atomic E-state index is 13.4. The summed E-state index contributed by atoms with van der Waals surface area (Å²) in [6.45, 7) is 0.0879. The van der Waals surface area contributed by atoms with Crippen molar-refractivity contribution in [1.29, 1.82) is 0 Å². The molecule has 210 valence electrons. The van der Waals surface area contributed by atoms with Gasteiger partial charge in [0.1, 0.15) is 5.69 Å². The van der Waals surface area contributed by atoms with Crippen LogP contribution in [0.1, 0.15) is 26.4 Å². The third-order valence-corrected chi connectivity index (χ3v) is 7.89. The number of carbonyl (C=O) groups excluding carboxylic acids is 2. The summed E-state index contributed by atoms with van der Waals surface area (Å²) in [6, 6.07) is 21.0. The molecule has 5 aromatic rings. The van der Waals surface area contributed by atoms with Crippen LogP contribution in [0.4, 0.5) is 0 Å². The number of halogens is 4. The lowest BCUT2D eigenvalue weighted by Crippen LogP contribution is -2.19. The molecule has 1 aliphatic rings. The Kier molecular flexibility index (Phi) is 7.96. The van der Waals surface area contributed by atoms with Gasteiger partial charge in [0, 0.05) is 26.0 Å². The number of amides is 1. The number of nitrogens with zero attached hydrogens (tertiary/aromatic N) is 1. The normalized spacial score (nSPS) is 12.2. The lowest BCUT2D eigenvalue weighted by atomic mass is 10.0. The molecule has 0 unspecified atom stereocenters. The minimum Gasteiger partial charge on any atom is -0.454 e. The predicted molar refractivity (Wildman–Crippen MR) is 168 cm³/mol. The van der Waals surface area contributed by atoms with E-state index >= 15 is 0 Å². The van der Waals surface area contributed by atoms with Crippen molar-refractivity contribution in [3.8, 4) is 28.4 Å². The summed E-state index contributed by atoms with van der Waals surface area (Å²) in [4.78, 5) is 29.5. The molecule has 0 radical (unpaired) electrons. The average molecular weight is 730 g/mol. The van der Waals surface area contributed by atoms with E-state index in [1.54, 1.807) is 42.5 Å². The molecular weight excluding hydrogens is 713 g/mol. The number of benzene rings is 4. The average Bonchev–Trinajstić information content (AvgIpc) is 3.59. The van der Waals surface area contributed by atoms with Gasteiger partial charge in [-0.25, -0.2) is 10.2 Å². The van der Waals surface area contributed by atoms with Gasteiger partial charge in [0.2, 0.25) is 6.79 Å². The number of esters is 1. The molecule has 42 heavy (non-hydrogen) atoms. The van der Waals surface area contributed by atoms with E-state index in [1.807, 2.05) is 30.3 Å². The highest BCUT2D eigenvalue weighted by atomic mass is 79.9. The minimum atomic E-state index is -0.615. The number of rotatable bonds is 6. The summed E-state index contributed by atoms with van der Waals surface area (Å²) in [6.07, 6.45) is 1.38. The standard InChI is InChI=1S/C30H17Br2Cl2N3O5/c31-18-8-17(28(21(32)10-18)42-30(39)16-6-7-23-24(9-16)41-14-40-23)13-35-37-29(38)27-25(15-4-2-1-3-5-15)20-11-19(33)12-22(34)26(20)36-27/h1-13,36H,14H2,(H,37,38). The number of hydrogen-bond donors (Lipinski definition) is 2. The molecule has 0 atom stereocenters. The van der Waals surface area contributed by atoms with E-state index in [4.69, 9.17) is 37.4 Å². The molecular formula is C30H17Br2Cl2N3O5. The highest BCUT2D eigenvalue weighted by Crippen LogP contribution is 2.38. The smallest absolute Gasteiger partial charge is 0.343 e. The monoisotopic (exact) mass is 727 g/mol. The van der Waals surface area contributed by atoms with Crippen molar-refractivity contribution in [1.82, 2.24) is 10.4 Å². The summed E-state index contributed by atoms with van der Waals surface area (Å²) in [5, 5.41) is 5.68. The fourth-order valence-electron chi connectivity index (χ4n) is 4.47. The Balaban J connectivity index is 1.29. The second kappa shape index (κ2) is 11.8. The van der Waals surface area contributed by atoms with E-state index in [0.717, 1.165) is 5.56 Å². The fourth-order valence-corrected chi connectivity index (χ4v) is 6.35. The minimum absolute atomic E-state index is 0.0879. The lowest BCUT2D eigenvalue weighted by molar-refractivity contribution is 0.0732. The van der Waals surface area contributed by atoms with E-state index in [0.29, 0.717) is 52.5 Å². The van der Waals surface area contributed by atoms with E-state index in [2.05, 4.69) is 47.4 Å². The van der Waals surface area contributed by atoms with Crippen molar-refractivity contribution in [2.75, 3.05) is 6.79 Å². The molecule has 0 saturated heterocycles. The molecule has 1 aromatic heterocycles. The number of aromatic nitrogens is 1. The molecule has 6 rings (SSSR count). The maximum Gasteiger partial charge on any atom is 0.343 e. The molecule has 0 bridgehead atoms. The first-order valence-electron chi connectivity index (χ1n) is 12.3. The van der Waals surface area contributed by atoms with Crippen LogP contribution in [0.15, 0.2) is 86.8 Å². The zero-order valence-electron chi connectivity index (χ0n) is 21.2. The molecule has 1 amide bonds. The van der Waals surface area contributed by atoms with Crippen LogP contribution < -0.4 is 19.6 Å². The van der Waals surface area contributed by atoms with Crippen LogP contribution in [0.2, 0.25) is 10.0 Å². The van der Waals surface area contributed by atoms with Crippen molar-refractivity contribution in [2.24, 2.45) is 5.10 Å². The quantitative estimate of drug-likeness (QED) is 0.0792. The molecule has 12 heteroatoms. The highest BCUT2D eigenvalue weighted by Gasteiger charge is 2.22. The van der Waals surface area contributed by atoms with Gasteiger partial charge < -0.3 is 19.2 Å². The van der Waals surface area contributed by atoms with Crippen LogP contribution in [-0.4, -0.2) is 29.9 Å². The van der Waals surface area contributed by atoms with E-state index < -0.39 is 11.9 Å². The number of carbonyl (C=O) groups is 2. The molecule has 2 heterocycles. The largest absolute Gasteiger partial charge is 0.454 e. The SMILES string of the molecule is O=C(Oc1c(Br)cc(Br)cc1C=NNC(=O)c1[nH]c2c(Cl)cc(Cl)cc2c1-c1ccccc1)c1ccc2c(c1)OCO2. The zero-order chi connectivity index (χ0) is 29.4. The topological polar surface area (TPSA) is 102 Å². The number of ether oxygens (including phenoxy) is 3. The summed E-state index contributed by atoms with van der Waals surface area (Å²) in [5.41, 5.74) is 5.50. The van der Waals surface area contributed by atoms with Gasteiger partial charge in [-0.15, -0.1) is 0 Å². The summed E-state index contributed by atoms with van der Waals surface area (Å²) < 4.78 is 17.6. The van der Waals surface area contributed by atoms with Gasteiger partial charge >= 0.3 is 5.97 Å². The van der Waals surface area contributed by atoms with Crippen LogP contribution >= 0.6 is 55.1 Å². The number of hydrogen-bond acceptors (Lipinski definition) is 6. The second-order valence-electron chi connectivity index (χ2n) is 9.01. The molecule has 0 spiro atoms. The Morgan fingerprint density at radius 1 is 0.976 bits per heavy atom. The first-order chi connectivity index (χ1) is 20.3. The Labute approximate surface area is 265 Å². The van der Waals surface area contributed by atoms with Gasteiger partial charge in [-0.2, -0.15) is 5.10 Å². The third kappa shape index (κ3) is 5.63. The Bertz CT molecular complexity index is 1910. The number of nitrogens with one attached hydrogen (secondary N) is 2. The van der Waals surface area contributed by atoms with E-state index in [1.165, 1.54) is 6.21 Å². The van der Waals surface area contributed by atoms with Gasteiger partial charge in [0.15, 0.2) is 17.2 Å². The molecule has 2 N–H and O–H groups in total. The first kappa shape index (κ1) is 28.3. The van der Waals surface area contributed by atoms with Crippen molar-refractivity contribution in [3.05, 3.63) is 109 Å². The van der Waals surface area contributed by atoms with Crippen molar-refractivity contribution >= 4 is 84.1 Å². The number of hydrazone groups is 1. The van der Waals surface area contributed by atoms with Gasteiger partial charge in [-0.05, 0) is 64.0 Å². The second-order valence-corrected chi connectivity index (χ2v) is 11.6. The van der Waals surface area contributed by atoms with Crippen molar-refractivity contribution in [2.45, 2.75) is 0 Å². The Morgan fingerprint density at radius 3 is 2.57 bits per heavy atom. The summed E-state index contributed by atoms with van der Waals surface area (Å²) in [7, 11) is 0. The van der Waals surface area contributed by atoms with Crippen LogP contribution in [0.25, 0.3) is 22.0 Å². The lowest BCUT2D eigenvalue weighted by Gasteiger charge is -2.11. The molecule has 0 fully saturated rings. The van der Waals surface area contributed by atoms with Crippen LogP contribution in [0.3, 0.4) is 0 Å². The van der Waals surface area contributed by atoms with Crippen molar-refractivity contribution in [3.63, 3.8) is 0 Å². The molecule has 0 saturated carbocycles. The van der Waals surface area contributed by atoms with Gasteiger partial charge in [-0.3, -0.25) is 4.79 Å². The van der Waals surface area contributed by atoms with Gasteiger partial charge in [-0.1, -0.05) is 69.5 Å². The maximum atomic E-state index is 13.4. The summed E-state index contributed by atoms with van der Waals surface area (Å²) >= 11 is 19.6. The fraction of sp³-hybridized carbons (Fsp3) is 0.0333. The Hall–Kier alpha value is -3.83. The Morgan fingerprint density at radius 2 is 1.76 bits per heavy atom. The predicted octanol–water partition coefficient (Wildman–Crippen LogP) is 8.38.